The minimum Gasteiger partial charge on any atom is -0.497 e. The SMILES string of the molecule is COCc1cccc(NC(=O)[C@H]2CN(S(=O)(=O)c3ccc(OC)cc3)c3cc(C(C)(C)C)ccc3O2)c1. The van der Waals surface area contributed by atoms with Crippen LogP contribution in [0, 0.1) is 0 Å². The Morgan fingerprint density at radius 2 is 1.78 bits per heavy atom. The number of fused-ring (bicyclic) bond motifs is 1. The third-order valence-corrected chi connectivity index (χ3v) is 7.93. The quantitative estimate of drug-likeness (QED) is 0.480. The van der Waals surface area contributed by atoms with E-state index in [1.807, 2.05) is 24.3 Å². The van der Waals surface area contributed by atoms with Gasteiger partial charge in [0.05, 0.1) is 30.8 Å². The molecular formula is C28H32N2O6S. The van der Waals surface area contributed by atoms with Gasteiger partial charge in [-0.3, -0.25) is 9.10 Å². The van der Waals surface area contributed by atoms with Crippen LogP contribution in [0.4, 0.5) is 11.4 Å². The van der Waals surface area contributed by atoms with E-state index < -0.39 is 22.0 Å². The Balaban J connectivity index is 1.71. The molecule has 4 rings (SSSR count). The van der Waals surface area contributed by atoms with Gasteiger partial charge in [-0.05, 0) is 65.1 Å². The van der Waals surface area contributed by atoms with Gasteiger partial charge in [-0.25, -0.2) is 8.42 Å². The number of anilines is 2. The van der Waals surface area contributed by atoms with Crippen LogP contribution in [-0.2, 0) is 31.6 Å². The molecule has 0 spiro atoms. The Hall–Kier alpha value is -3.56. The van der Waals surface area contributed by atoms with E-state index in [0.717, 1.165) is 11.1 Å². The number of rotatable bonds is 7. The monoisotopic (exact) mass is 524 g/mol. The van der Waals surface area contributed by atoms with Crippen molar-refractivity contribution in [3.05, 3.63) is 77.9 Å². The van der Waals surface area contributed by atoms with Crippen LogP contribution < -0.4 is 19.1 Å². The van der Waals surface area contributed by atoms with Gasteiger partial charge in [0.15, 0.2) is 6.10 Å². The minimum absolute atomic E-state index is 0.0914. The summed E-state index contributed by atoms with van der Waals surface area (Å²) in [5.41, 5.74) is 2.60. The molecule has 1 heterocycles. The number of benzene rings is 3. The number of hydrogen-bond acceptors (Lipinski definition) is 6. The Kier molecular flexibility index (Phi) is 7.47. The number of nitrogens with one attached hydrogen (secondary N) is 1. The summed E-state index contributed by atoms with van der Waals surface area (Å²) in [6, 6.07) is 18.9. The standard InChI is InChI=1S/C28H32N2O6S/c1-28(2,3)20-9-14-25-24(16-20)30(37(32,33)23-12-10-22(35-5)11-13-23)17-26(36-25)27(31)29-21-8-6-7-19(15-21)18-34-4/h6-16,26H,17-18H2,1-5H3,(H,29,31)/t26-/m1/s1. The lowest BCUT2D eigenvalue weighted by Crippen LogP contribution is -2.49. The number of hydrogen-bond donors (Lipinski definition) is 1. The van der Waals surface area contributed by atoms with Crippen molar-refractivity contribution >= 4 is 27.3 Å². The van der Waals surface area contributed by atoms with Crippen LogP contribution in [0.25, 0.3) is 0 Å². The van der Waals surface area contributed by atoms with Gasteiger partial charge in [0.25, 0.3) is 15.9 Å². The molecule has 0 radical (unpaired) electrons. The van der Waals surface area contributed by atoms with Crippen LogP contribution >= 0.6 is 0 Å². The molecule has 1 atom stereocenters. The second-order valence-corrected chi connectivity index (χ2v) is 11.7. The van der Waals surface area contributed by atoms with Gasteiger partial charge >= 0.3 is 0 Å². The molecule has 37 heavy (non-hydrogen) atoms. The molecule has 1 amide bonds. The summed E-state index contributed by atoms with van der Waals surface area (Å²) < 4.78 is 45.3. The Labute approximate surface area is 218 Å². The smallest absolute Gasteiger partial charge is 0.267 e. The lowest BCUT2D eigenvalue weighted by atomic mass is 9.86. The van der Waals surface area contributed by atoms with Gasteiger partial charge in [-0.15, -0.1) is 0 Å². The van der Waals surface area contributed by atoms with Crippen LogP contribution in [-0.4, -0.2) is 41.2 Å². The molecule has 0 saturated carbocycles. The zero-order valence-electron chi connectivity index (χ0n) is 21.6. The van der Waals surface area contributed by atoms with Crippen molar-refractivity contribution in [2.45, 2.75) is 43.8 Å². The number of amides is 1. The van der Waals surface area contributed by atoms with Crippen LogP contribution in [0.2, 0.25) is 0 Å². The number of carbonyl (C=O) groups is 1. The Morgan fingerprint density at radius 3 is 2.43 bits per heavy atom. The minimum atomic E-state index is -4.01. The van der Waals surface area contributed by atoms with Crippen molar-refractivity contribution in [3.8, 4) is 11.5 Å². The van der Waals surface area contributed by atoms with Crippen molar-refractivity contribution in [1.82, 2.24) is 0 Å². The van der Waals surface area contributed by atoms with Crippen molar-refractivity contribution in [1.29, 1.82) is 0 Å². The summed E-state index contributed by atoms with van der Waals surface area (Å²) in [5, 5.41) is 2.85. The molecule has 0 unspecified atom stereocenters. The summed E-state index contributed by atoms with van der Waals surface area (Å²) in [7, 11) is -0.898. The summed E-state index contributed by atoms with van der Waals surface area (Å²) >= 11 is 0. The average molecular weight is 525 g/mol. The molecule has 1 aliphatic heterocycles. The molecule has 196 valence electrons. The van der Waals surface area contributed by atoms with Gasteiger partial charge in [0.1, 0.15) is 11.5 Å². The first kappa shape index (κ1) is 26.5. The normalized spacial score (nSPS) is 15.5. The molecule has 0 aliphatic carbocycles. The first-order chi connectivity index (χ1) is 17.5. The molecule has 3 aromatic rings. The van der Waals surface area contributed by atoms with Crippen LogP contribution in [0.1, 0.15) is 31.9 Å². The highest BCUT2D eigenvalue weighted by molar-refractivity contribution is 7.92. The third kappa shape index (κ3) is 5.73. The summed E-state index contributed by atoms with van der Waals surface area (Å²) in [6.07, 6.45) is -1.06. The lowest BCUT2D eigenvalue weighted by Gasteiger charge is -2.36. The zero-order valence-corrected chi connectivity index (χ0v) is 22.5. The molecule has 0 fully saturated rings. The van der Waals surface area contributed by atoms with Gasteiger partial charge < -0.3 is 19.5 Å². The molecule has 9 heteroatoms. The summed E-state index contributed by atoms with van der Waals surface area (Å²) in [6.45, 7) is 6.37. The van der Waals surface area contributed by atoms with Crippen molar-refractivity contribution in [3.63, 3.8) is 0 Å². The van der Waals surface area contributed by atoms with Crippen LogP contribution in [0.5, 0.6) is 11.5 Å². The van der Waals surface area contributed by atoms with E-state index in [-0.39, 0.29) is 16.9 Å². The highest BCUT2D eigenvalue weighted by Gasteiger charge is 2.38. The van der Waals surface area contributed by atoms with E-state index >= 15 is 0 Å². The van der Waals surface area contributed by atoms with Crippen LogP contribution in [0.15, 0.2) is 71.6 Å². The molecule has 1 N–H and O–H groups in total. The van der Waals surface area contributed by atoms with Gasteiger partial charge in [0, 0.05) is 12.8 Å². The van der Waals surface area contributed by atoms with Crippen molar-refractivity contribution in [2.24, 2.45) is 0 Å². The average Bonchev–Trinajstić information content (AvgIpc) is 2.87. The fourth-order valence-electron chi connectivity index (χ4n) is 4.09. The Bertz CT molecular complexity index is 1380. The fraction of sp³-hybridized carbons (Fsp3) is 0.321. The largest absolute Gasteiger partial charge is 0.497 e. The highest BCUT2D eigenvalue weighted by atomic mass is 32.2. The molecule has 3 aromatic carbocycles. The van der Waals surface area contributed by atoms with Gasteiger partial charge in [-0.2, -0.15) is 0 Å². The first-order valence-electron chi connectivity index (χ1n) is 11.9. The van der Waals surface area contributed by atoms with E-state index in [2.05, 4.69) is 26.1 Å². The molecule has 8 nitrogen and oxygen atoms in total. The molecule has 0 bridgehead atoms. The summed E-state index contributed by atoms with van der Waals surface area (Å²) in [5.74, 6) is 0.420. The van der Waals surface area contributed by atoms with Crippen molar-refractivity contribution < 1.29 is 27.4 Å². The number of ether oxygens (including phenoxy) is 3. The van der Waals surface area contributed by atoms with E-state index in [4.69, 9.17) is 14.2 Å². The maximum absolute atomic E-state index is 13.8. The molecule has 0 aromatic heterocycles. The number of sulfonamides is 1. The number of carbonyl (C=O) groups excluding carboxylic acids is 1. The zero-order chi connectivity index (χ0) is 26.8. The molecule has 0 saturated heterocycles. The second kappa shape index (κ2) is 10.4. The lowest BCUT2D eigenvalue weighted by molar-refractivity contribution is -0.122. The highest BCUT2D eigenvalue weighted by Crippen LogP contribution is 2.40. The maximum Gasteiger partial charge on any atom is 0.267 e. The van der Waals surface area contributed by atoms with Gasteiger partial charge in [0.2, 0.25) is 0 Å². The van der Waals surface area contributed by atoms with Gasteiger partial charge in [-0.1, -0.05) is 39.0 Å². The predicted molar refractivity (Wildman–Crippen MR) is 143 cm³/mol. The fourth-order valence-corrected chi connectivity index (χ4v) is 5.55. The third-order valence-electron chi connectivity index (χ3n) is 6.14. The molecular weight excluding hydrogens is 492 g/mol. The van der Waals surface area contributed by atoms with E-state index in [1.165, 1.54) is 23.5 Å². The predicted octanol–water partition coefficient (Wildman–Crippen LogP) is 4.73. The topological polar surface area (TPSA) is 94.2 Å². The van der Waals surface area contributed by atoms with E-state index in [9.17, 15) is 13.2 Å². The molecule has 1 aliphatic rings. The first-order valence-corrected chi connectivity index (χ1v) is 13.3. The number of nitrogens with zero attached hydrogens (tertiary/aromatic N) is 1. The van der Waals surface area contributed by atoms with E-state index in [0.29, 0.717) is 29.5 Å². The van der Waals surface area contributed by atoms with Crippen molar-refractivity contribution in [2.75, 3.05) is 30.4 Å². The maximum atomic E-state index is 13.8. The number of methoxy groups -OCH3 is 2. The van der Waals surface area contributed by atoms with E-state index in [1.54, 1.807) is 37.4 Å². The second-order valence-electron chi connectivity index (χ2n) is 9.87. The Morgan fingerprint density at radius 1 is 1.05 bits per heavy atom. The summed E-state index contributed by atoms with van der Waals surface area (Å²) in [4.78, 5) is 13.4. The van der Waals surface area contributed by atoms with Crippen LogP contribution in [0.3, 0.4) is 0 Å².